The van der Waals surface area contributed by atoms with Gasteiger partial charge in [-0.2, -0.15) is 0 Å². The second kappa shape index (κ2) is 4.73. The number of carbonyl (C=O) groups is 4. The van der Waals surface area contributed by atoms with E-state index < -0.39 is 23.8 Å². The van der Waals surface area contributed by atoms with Crippen LogP contribution in [0.25, 0.3) is 0 Å². The van der Waals surface area contributed by atoms with E-state index >= 15 is 0 Å². The highest BCUT2D eigenvalue weighted by Gasteiger charge is 2.45. The van der Waals surface area contributed by atoms with Gasteiger partial charge in [0.1, 0.15) is 6.04 Å². The van der Waals surface area contributed by atoms with Crippen molar-refractivity contribution >= 4 is 23.6 Å². The average Bonchev–Trinajstić information content (AvgIpc) is 2.96. The molecule has 4 amide bonds. The standard InChI is InChI=1S/C16H15N3O4/c17-9-3-7-5-10-11(6-8(7)4-9)16(23)19(15(10)22)12-1-2-13(20)18-14(12)21/h5-6,9,12H,1-4,17H2,(H,18,20,21). The van der Waals surface area contributed by atoms with Gasteiger partial charge in [0.2, 0.25) is 11.8 Å². The van der Waals surface area contributed by atoms with Crippen molar-refractivity contribution in [3.05, 3.63) is 34.4 Å². The van der Waals surface area contributed by atoms with E-state index in [1.165, 1.54) is 0 Å². The van der Waals surface area contributed by atoms with Crippen LogP contribution in [-0.2, 0) is 22.4 Å². The maximum atomic E-state index is 12.6. The van der Waals surface area contributed by atoms with Crippen LogP contribution in [0.15, 0.2) is 12.1 Å². The van der Waals surface area contributed by atoms with E-state index in [0.717, 1.165) is 16.0 Å². The fourth-order valence-electron chi connectivity index (χ4n) is 3.62. The van der Waals surface area contributed by atoms with Crippen LogP contribution in [-0.4, -0.2) is 40.6 Å². The third kappa shape index (κ3) is 2.00. The van der Waals surface area contributed by atoms with Crippen LogP contribution in [0.5, 0.6) is 0 Å². The molecular weight excluding hydrogens is 298 g/mol. The van der Waals surface area contributed by atoms with Gasteiger partial charge in [0, 0.05) is 12.5 Å². The molecule has 2 heterocycles. The highest BCUT2D eigenvalue weighted by molar-refractivity contribution is 6.23. The average molecular weight is 313 g/mol. The largest absolute Gasteiger partial charge is 0.327 e. The monoisotopic (exact) mass is 313 g/mol. The third-order valence-electron chi connectivity index (χ3n) is 4.72. The Morgan fingerprint density at radius 3 is 2.09 bits per heavy atom. The van der Waals surface area contributed by atoms with Crippen molar-refractivity contribution in [2.24, 2.45) is 5.73 Å². The number of benzene rings is 1. The third-order valence-corrected chi connectivity index (χ3v) is 4.72. The van der Waals surface area contributed by atoms with E-state index in [-0.39, 0.29) is 24.8 Å². The first-order chi connectivity index (χ1) is 11.0. The lowest BCUT2D eigenvalue weighted by Crippen LogP contribution is -2.54. The zero-order valence-electron chi connectivity index (χ0n) is 12.3. The summed E-state index contributed by atoms with van der Waals surface area (Å²) in [5, 5.41) is 2.18. The number of imide groups is 2. The molecule has 1 atom stereocenters. The Kier molecular flexibility index (Phi) is 2.89. The molecule has 1 aromatic rings. The van der Waals surface area contributed by atoms with Gasteiger partial charge in [0.25, 0.3) is 11.8 Å². The molecule has 1 unspecified atom stereocenters. The Labute approximate surface area is 131 Å². The molecule has 0 radical (unpaired) electrons. The number of nitrogens with one attached hydrogen (secondary N) is 1. The molecule has 23 heavy (non-hydrogen) atoms. The van der Waals surface area contributed by atoms with Crippen molar-refractivity contribution in [2.75, 3.05) is 0 Å². The number of fused-ring (bicyclic) bond motifs is 2. The van der Waals surface area contributed by atoms with E-state index in [4.69, 9.17) is 5.73 Å². The lowest BCUT2D eigenvalue weighted by Gasteiger charge is -2.27. The Morgan fingerprint density at radius 1 is 1.00 bits per heavy atom. The molecule has 1 fully saturated rings. The quantitative estimate of drug-likeness (QED) is 0.680. The van der Waals surface area contributed by atoms with Crippen LogP contribution < -0.4 is 11.1 Å². The van der Waals surface area contributed by atoms with Crippen LogP contribution in [0.4, 0.5) is 0 Å². The second-order valence-corrected chi connectivity index (χ2v) is 6.28. The van der Waals surface area contributed by atoms with Crippen molar-refractivity contribution in [3.8, 4) is 0 Å². The lowest BCUT2D eigenvalue weighted by molar-refractivity contribution is -0.136. The van der Waals surface area contributed by atoms with Gasteiger partial charge < -0.3 is 5.73 Å². The van der Waals surface area contributed by atoms with E-state index in [0.29, 0.717) is 24.0 Å². The number of carbonyl (C=O) groups excluding carboxylic acids is 4. The summed E-state index contributed by atoms with van der Waals surface area (Å²) in [6, 6.07) is 2.55. The highest BCUT2D eigenvalue weighted by atomic mass is 16.2. The summed E-state index contributed by atoms with van der Waals surface area (Å²) in [6.45, 7) is 0. The predicted octanol–water partition coefficient (Wildman–Crippen LogP) is -0.486. The van der Waals surface area contributed by atoms with Crippen LogP contribution >= 0.6 is 0 Å². The normalized spacial score (nSPS) is 24.0. The predicted molar refractivity (Wildman–Crippen MR) is 78.5 cm³/mol. The summed E-state index contributed by atoms with van der Waals surface area (Å²) >= 11 is 0. The minimum absolute atomic E-state index is 0.0176. The molecule has 3 aliphatic rings. The molecule has 1 saturated heterocycles. The Hall–Kier alpha value is -2.54. The van der Waals surface area contributed by atoms with Gasteiger partial charge in [-0.1, -0.05) is 0 Å². The summed E-state index contributed by atoms with van der Waals surface area (Å²) in [5.41, 5.74) is 8.55. The molecule has 1 aliphatic carbocycles. The van der Waals surface area contributed by atoms with E-state index in [2.05, 4.69) is 5.32 Å². The van der Waals surface area contributed by atoms with Crippen molar-refractivity contribution in [3.63, 3.8) is 0 Å². The molecule has 7 nitrogen and oxygen atoms in total. The van der Waals surface area contributed by atoms with Gasteiger partial charge in [0.15, 0.2) is 0 Å². The number of nitrogens with zero attached hydrogens (tertiary/aromatic N) is 1. The molecule has 118 valence electrons. The van der Waals surface area contributed by atoms with Gasteiger partial charge in [0.05, 0.1) is 11.1 Å². The van der Waals surface area contributed by atoms with Gasteiger partial charge in [-0.05, 0) is 42.5 Å². The fraction of sp³-hybridized carbons (Fsp3) is 0.375. The van der Waals surface area contributed by atoms with E-state index in [1.807, 2.05) is 0 Å². The number of rotatable bonds is 1. The van der Waals surface area contributed by atoms with Crippen molar-refractivity contribution < 1.29 is 19.2 Å². The van der Waals surface area contributed by atoms with Crippen molar-refractivity contribution in [1.82, 2.24) is 10.2 Å². The Bertz CT molecular complexity index is 741. The number of piperidine rings is 1. The molecule has 1 aromatic carbocycles. The second-order valence-electron chi connectivity index (χ2n) is 6.28. The first-order valence-electron chi connectivity index (χ1n) is 7.58. The molecule has 3 N–H and O–H groups in total. The minimum Gasteiger partial charge on any atom is -0.327 e. The van der Waals surface area contributed by atoms with Gasteiger partial charge in [-0.15, -0.1) is 0 Å². The zero-order chi connectivity index (χ0) is 16.3. The molecule has 4 rings (SSSR count). The minimum atomic E-state index is -0.919. The van der Waals surface area contributed by atoms with Crippen LogP contribution in [0.3, 0.4) is 0 Å². The summed E-state index contributed by atoms with van der Waals surface area (Å²) in [6.07, 6.45) is 1.65. The van der Waals surface area contributed by atoms with E-state index in [1.54, 1.807) is 12.1 Å². The highest BCUT2D eigenvalue weighted by Crippen LogP contribution is 2.32. The number of hydrogen-bond donors (Lipinski definition) is 2. The van der Waals surface area contributed by atoms with Gasteiger partial charge in [-0.25, -0.2) is 0 Å². The molecule has 0 spiro atoms. The number of hydrogen-bond acceptors (Lipinski definition) is 5. The van der Waals surface area contributed by atoms with Gasteiger partial charge >= 0.3 is 0 Å². The van der Waals surface area contributed by atoms with Gasteiger partial charge in [-0.3, -0.25) is 29.4 Å². The summed E-state index contributed by atoms with van der Waals surface area (Å²) < 4.78 is 0. The summed E-state index contributed by atoms with van der Waals surface area (Å²) in [5.74, 6) is -1.91. The first kappa shape index (κ1) is 14.1. The first-order valence-corrected chi connectivity index (χ1v) is 7.58. The number of amides is 4. The summed E-state index contributed by atoms with van der Waals surface area (Å²) in [4.78, 5) is 49.5. The molecular formula is C16H15N3O4. The summed E-state index contributed by atoms with van der Waals surface area (Å²) in [7, 11) is 0. The topological polar surface area (TPSA) is 110 Å². The van der Waals surface area contributed by atoms with Crippen molar-refractivity contribution in [1.29, 1.82) is 0 Å². The Morgan fingerprint density at radius 2 is 1.57 bits per heavy atom. The van der Waals surface area contributed by atoms with Crippen LogP contribution in [0.2, 0.25) is 0 Å². The van der Waals surface area contributed by atoms with Crippen molar-refractivity contribution in [2.45, 2.75) is 37.8 Å². The van der Waals surface area contributed by atoms with Crippen LogP contribution in [0, 0.1) is 0 Å². The molecule has 2 aliphatic heterocycles. The zero-order valence-corrected chi connectivity index (χ0v) is 12.3. The van der Waals surface area contributed by atoms with E-state index in [9.17, 15) is 19.2 Å². The molecule has 7 heteroatoms. The Balaban J connectivity index is 1.71. The molecule has 0 bridgehead atoms. The molecule has 0 saturated carbocycles. The number of nitrogens with two attached hydrogens (primary N) is 1. The lowest BCUT2D eigenvalue weighted by atomic mass is 10.0. The smallest absolute Gasteiger partial charge is 0.262 e. The maximum absolute atomic E-state index is 12.6. The fourth-order valence-corrected chi connectivity index (χ4v) is 3.62. The SMILES string of the molecule is NC1Cc2cc3c(cc2C1)C(=O)N(C1CCC(=O)NC1=O)C3=O. The van der Waals surface area contributed by atoms with Crippen LogP contribution in [0.1, 0.15) is 44.7 Å². The molecule has 0 aromatic heterocycles. The maximum Gasteiger partial charge on any atom is 0.262 e.